The summed E-state index contributed by atoms with van der Waals surface area (Å²) >= 11 is 0. The van der Waals surface area contributed by atoms with Crippen LogP contribution in [0.2, 0.25) is 0 Å². The molecule has 0 saturated carbocycles. The van der Waals surface area contributed by atoms with Crippen molar-refractivity contribution in [2.45, 2.75) is 43.7 Å². The Kier molecular flexibility index (Phi) is 4.42. The van der Waals surface area contributed by atoms with E-state index in [2.05, 4.69) is 18.3 Å². The average molecular weight is 312 g/mol. The van der Waals surface area contributed by atoms with E-state index in [0.717, 1.165) is 25.7 Å². The third-order valence-corrected chi connectivity index (χ3v) is 4.97. The van der Waals surface area contributed by atoms with Crippen LogP contribution in [0.15, 0.2) is 53.7 Å². The van der Waals surface area contributed by atoms with Gasteiger partial charge < -0.3 is 4.90 Å². The number of rotatable bonds is 4. The molecule has 0 spiro atoms. The molecule has 1 aromatic carbocycles. The summed E-state index contributed by atoms with van der Waals surface area (Å²) in [5.74, 6) is 0.131. The van der Waals surface area contributed by atoms with Crippen molar-refractivity contribution in [3.05, 3.63) is 60.1 Å². The fourth-order valence-electron chi connectivity index (χ4n) is 3.95. The van der Waals surface area contributed by atoms with E-state index in [4.69, 9.17) is 0 Å². The van der Waals surface area contributed by atoms with Crippen LogP contribution in [0.4, 0.5) is 4.39 Å². The van der Waals surface area contributed by atoms with Gasteiger partial charge in [0.1, 0.15) is 11.5 Å². The van der Waals surface area contributed by atoms with Gasteiger partial charge in [0.05, 0.1) is 0 Å². The van der Waals surface area contributed by atoms with Gasteiger partial charge in [-0.25, -0.2) is 4.39 Å². The lowest BCUT2D eigenvalue weighted by Crippen LogP contribution is -2.46. The summed E-state index contributed by atoms with van der Waals surface area (Å²) in [6, 6.07) is 7.22. The number of fused-ring (bicyclic) bond motifs is 2. The average Bonchev–Trinajstić information content (AvgIpc) is 2.82. The molecule has 0 radical (unpaired) electrons. The fraction of sp³-hybridized carbons (Fsp3) is 0.368. The number of carbonyl (C=O) groups is 1. The van der Waals surface area contributed by atoms with Crippen molar-refractivity contribution >= 4 is 12.6 Å². The summed E-state index contributed by atoms with van der Waals surface area (Å²) in [5, 5.41) is 0. The molecule has 0 aromatic heterocycles. The third kappa shape index (κ3) is 2.98. The highest BCUT2D eigenvalue weighted by atomic mass is 19.1. The highest BCUT2D eigenvalue weighted by molar-refractivity contribution is 5.94. The Morgan fingerprint density at radius 3 is 2.35 bits per heavy atom. The van der Waals surface area contributed by atoms with Crippen molar-refractivity contribution < 1.29 is 9.18 Å². The predicted molar refractivity (Wildman–Crippen MR) is 89.9 cm³/mol. The molecule has 2 aliphatic heterocycles. The molecule has 1 amide bonds. The summed E-state index contributed by atoms with van der Waals surface area (Å²) in [7, 11) is 0. The maximum Gasteiger partial charge on any atom is 0.272 e. The fourth-order valence-corrected chi connectivity index (χ4v) is 3.95. The molecule has 4 heteroatoms. The van der Waals surface area contributed by atoms with Gasteiger partial charge in [0.25, 0.3) is 5.91 Å². The van der Waals surface area contributed by atoms with Crippen molar-refractivity contribution in [2.24, 2.45) is 4.99 Å². The zero-order valence-electron chi connectivity index (χ0n) is 13.1. The van der Waals surface area contributed by atoms with Gasteiger partial charge in [0.2, 0.25) is 0 Å². The van der Waals surface area contributed by atoms with Crippen LogP contribution in [-0.4, -0.2) is 29.6 Å². The lowest BCUT2D eigenvalue weighted by Gasteiger charge is -2.39. The number of piperidine rings is 1. The first-order chi connectivity index (χ1) is 11.1. The standard InChI is InChI=1S/C19H21FN2O/c1-3-4-18(21-2)19(23)22-16-9-10-17(22)12-14(11-16)13-5-7-15(20)8-6-13/h3-8,14,16-17H,1-2,9-12H2/b18-4-. The van der Waals surface area contributed by atoms with Gasteiger partial charge in [-0.2, -0.15) is 0 Å². The van der Waals surface area contributed by atoms with Crippen LogP contribution < -0.4 is 0 Å². The second-order valence-electron chi connectivity index (χ2n) is 6.26. The van der Waals surface area contributed by atoms with Crippen LogP contribution in [0.25, 0.3) is 0 Å². The lowest BCUT2D eigenvalue weighted by atomic mass is 9.85. The highest BCUT2D eigenvalue weighted by Gasteiger charge is 2.44. The molecular formula is C19H21FN2O. The summed E-state index contributed by atoms with van der Waals surface area (Å²) in [4.78, 5) is 18.5. The third-order valence-electron chi connectivity index (χ3n) is 4.97. The Morgan fingerprint density at radius 1 is 1.22 bits per heavy atom. The Balaban J connectivity index is 1.78. The van der Waals surface area contributed by atoms with Crippen molar-refractivity contribution in [1.29, 1.82) is 0 Å². The first kappa shape index (κ1) is 15.7. The van der Waals surface area contributed by atoms with E-state index in [1.807, 2.05) is 17.0 Å². The van der Waals surface area contributed by atoms with E-state index in [1.54, 1.807) is 12.2 Å². The van der Waals surface area contributed by atoms with Gasteiger partial charge in [0, 0.05) is 12.1 Å². The monoisotopic (exact) mass is 312 g/mol. The minimum Gasteiger partial charge on any atom is -0.331 e. The molecule has 1 aromatic rings. The Bertz CT molecular complexity index is 636. The summed E-state index contributed by atoms with van der Waals surface area (Å²) in [5.41, 5.74) is 1.52. The molecule has 2 fully saturated rings. The van der Waals surface area contributed by atoms with Crippen LogP contribution in [0.1, 0.15) is 37.2 Å². The summed E-state index contributed by atoms with van der Waals surface area (Å²) in [6.07, 6.45) is 7.06. The first-order valence-corrected chi connectivity index (χ1v) is 8.01. The largest absolute Gasteiger partial charge is 0.331 e. The van der Waals surface area contributed by atoms with Crippen molar-refractivity contribution in [1.82, 2.24) is 4.90 Å². The number of hydrogen-bond acceptors (Lipinski definition) is 2. The van der Waals surface area contributed by atoms with Crippen LogP contribution in [0, 0.1) is 5.82 Å². The van der Waals surface area contributed by atoms with E-state index >= 15 is 0 Å². The maximum absolute atomic E-state index is 13.1. The number of nitrogens with zero attached hydrogens (tertiary/aromatic N) is 2. The van der Waals surface area contributed by atoms with E-state index in [9.17, 15) is 9.18 Å². The second kappa shape index (κ2) is 6.49. The number of hydrogen-bond donors (Lipinski definition) is 0. The van der Waals surface area contributed by atoms with Crippen LogP contribution in [-0.2, 0) is 4.79 Å². The zero-order chi connectivity index (χ0) is 16.4. The molecule has 3 nitrogen and oxygen atoms in total. The zero-order valence-corrected chi connectivity index (χ0v) is 13.1. The quantitative estimate of drug-likeness (QED) is 0.472. The van der Waals surface area contributed by atoms with Gasteiger partial charge in [-0.1, -0.05) is 24.8 Å². The van der Waals surface area contributed by atoms with E-state index in [1.165, 1.54) is 17.7 Å². The number of benzene rings is 1. The molecule has 23 heavy (non-hydrogen) atoms. The van der Waals surface area contributed by atoms with Gasteiger partial charge in [0.15, 0.2) is 0 Å². The number of halogens is 1. The topological polar surface area (TPSA) is 32.7 Å². The number of carbonyl (C=O) groups excluding carboxylic acids is 1. The molecule has 2 atom stereocenters. The van der Waals surface area contributed by atoms with Gasteiger partial charge in [-0.05, 0) is 62.1 Å². The minimum absolute atomic E-state index is 0.0510. The molecule has 0 aliphatic carbocycles. The number of amides is 1. The molecule has 2 aliphatic rings. The molecule has 0 N–H and O–H groups in total. The van der Waals surface area contributed by atoms with Gasteiger partial charge >= 0.3 is 0 Å². The molecule has 2 saturated heterocycles. The first-order valence-electron chi connectivity index (χ1n) is 8.01. The minimum atomic E-state index is -0.208. The van der Waals surface area contributed by atoms with Crippen molar-refractivity contribution in [3.8, 4) is 0 Å². The maximum atomic E-state index is 13.1. The number of aliphatic imine (C=N–C) groups is 1. The SMILES string of the molecule is C=C/C=C(\N=C)C(=O)N1C2CCC1CC(c1ccc(F)cc1)C2. The van der Waals surface area contributed by atoms with Crippen molar-refractivity contribution in [2.75, 3.05) is 0 Å². The van der Waals surface area contributed by atoms with Crippen LogP contribution in [0.3, 0.4) is 0 Å². The Hall–Kier alpha value is -2.23. The number of allylic oxidation sites excluding steroid dienone is 2. The van der Waals surface area contributed by atoms with E-state index in [0.29, 0.717) is 11.6 Å². The van der Waals surface area contributed by atoms with Crippen LogP contribution in [0.5, 0.6) is 0 Å². The van der Waals surface area contributed by atoms with Crippen molar-refractivity contribution in [3.63, 3.8) is 0 Å². The molecule has 120 valence electrons. The predicted octanol–water partition coefficient (Wildman–Crippen LogP) is 3.83. The molecule has 2 unspecified atom stereocenters. The van der Waals surface area contributed by atoms with Gasteiger partial charge in [-0.15, -0.1) is 0 Å². The van der Waals surface area contributed by atoms with Crippen LogP contribution >= 0.6 is 0 Å². The summed E-state index contributed by atoms with van der Waals surface area (Å²) < 4.78 is 13.1. The Labute approximate surface area is 136 Å². The van der Waals surface area contributed by atoms with E-state index < -0.39 is 0 Å². The molecular weight excluding hydrogens is 291 g/mol. The molecule has 3 rings (SSSR count). The molecule has 2 heterocycles. The highest BCUT2D eigenvalue weighted by Crippen LogP contribution is 2.43. The van der Waals surface area contributed by atoms with Gasteiger partial charge in [-0.3, -0.25) is 9.79 Å². The Morgan fingerprint density at radius 2 is 1.83 bits per heavy atom. The summed E-state index contributed by atoms with van der Waals surface area (Å²) in [6.45, 7) is 7.11. The molecule has 2 bridgehead atoms. The van der Waals surface area contributed by atoms with E-state index in [-0.39, 0.29) is 23.8 Å². The lowest BCUT2D eigenvalue weighted by molar-refractivity contribution is -0.131. The second-order valence-corrected chi connectivity index (χ2v) is 6.26. The normalized spacial score (nSPS) is 26.9. The smallest absolute Gasteiger partial charge is 0.272 e.